The lowest BCUT2D eigenvalue weighted by molar-refractivity contribution is 0.392. The van der Waals surface area contributed by atoms with Crippen molar-refractivity contribution in [3.05, 3.63) is 36.0 Å². The SMILES string of the molecule is C=C/C(C)=C\C(=NC)c1noc(C)n1. The Hall–Kier alpha value is -1.71. The molecule has 0 aromatic carbocycles. The summed E-state index contributed by atoms with van der Waals surface area (Å²) in [7, 11) is 1.69. The maximum atomic E-state index is 4.87. The molecule has 0 aliphatic carbocycles. The number of nitrogens with zero attached hydrogens (tertiary/aromatic N) is 3. The predicted octanol–water partition coefficient (Wildman–Crippen LogP) is 1.93. The van der Waals surface area contributed by atoms with Gasteiger partial charge in [0.05, 0.1) is 0 Å². The van der Waals surface area contributed by atoms with Gasteiger partial charge < -0.3 is 4.52 Å². The van der Waals surface area contributed by atoms with Crippen molar-refractivity contribution in [3.63, 3.8) is 0 Å². The third-order valence-electron chi connectivity index (χ3n) is 1.68. The first-order chi connectivity index (χ1) is 6.67. The standard InChI is InChI=1S/C10H13N3O/c1-5-7(2)6-9(11-4)10-12-8(3)14-13-10/h5-6H,1H2,2-4H3/b7-6-,11-9?. The molecule has 1 heterocycles. The maximum Gasteiger partial charge on any atom is 0.223 e. The molecule has 0 bridgehead atoms. The highest BCUT2D eigenvalue weighted by molar-refractivity contribution is 6.06. The molecular weight excluding hydrogens is 178 g/mol. The van der Waals surface area contributed by atoms with Gasteiger partial charge in [-0.05, 0) is 18.6 Å². The normalized spacial score (nSPS) is 13.1. The molecule has 0 fully saturated rings. The van der Waals surface area contributed by atoms with Crippen molar-refractivity contribution in [3.8, 4) is 0 Å². The summed E-state index contributed by atoms with van der Waals surface area (Å²) in [6, 6.07) is 0. The molecule has 1 aromatic heterocycles. The van der Waals surface area contributed by atoms with Crippen molar-refractivity contribution in [2.75, 3.05) is 7.05 Å². The van der Waals surface area contributed by atoms with Crippen molar-refractivity contribution in [1.82, 2.24) is 10.1 Å². The number of aryl methyl sites for hydroxylation is 1. The average molecular weight is 191 g/mol. The monoisotopic (exact) mass is 191 g/mol. The average Bonchev–Trinajstić information content (AvgIpc) is 2.60. The molecule has 74 valence electrons. The second kappa shape index (κ2) is 4.50. The largest absolute Gasteiger partial charge is 0.339 e. The molecule has 14 heavy (non-hydrogen) atoms. The van der Waals surface area contributed by atoms with Crippen LogP contribution in [0.3, 0.4) is 0 Å². The summed E-state index contributed by atoms with van der Waals surface area (Å²) in [4.78, 5) is 8.15. The van der Waals surface area contributed by atoms with E-state index in [1.807, 2.05) is 13.0 Å². The summed E-state index contributed by atoms with van der Waals surface area (Å²) < 4.78 is 4.87. The van der Waals surface area contributed by atoms with Gasteiger partial charge in [-0.15, -0.1) is 0 Å². The molecule has 0 aliphatic rings. The van der Waals surface area contributed by atoms with E-state index < -0.39 is 0 Å². The van der Waals surface area contributed by atoms with E-state index >= 15 is 0 Å². The molecule has 0 atom stereocenters. The Morgan fingerprint density at radius 2 is 2.29 bits per heavy atom. The zero-order chi connectivity index (χ0) is 10.6. The van der Waals surface area contributed by atoms with Gasteiger partial charge in [0.2, 0.25) is 11.7 Å². The maximum absolute atomic E-state index is 4.87. The molecular formula is C10H13N3O. The van der Waals surface area contributed by atoms with Gasteiger partial charge in [0, 0.05) is 14.0 Å². The van der Waals surface area contributed by atoms with Crippen LogP contribution < -0.4 is 0 Å². The lowest BCUT2D eigenvalue weighted by atomic mass is 10.2. The number of hydrogen-bond acceptors (Lipinski definition) is 4. The molecule has 4 heteroatoms. The van der Waals surface area contributed by atoms with Crippen LogP contribution in [0.5, 0.6) is 0 Å². The first kappa shape index (κ1) is 10.4. The molecule has 0 N–H and O–H groups in total. The van der Waals surface area contributed by atoms with E-state index in [4.69, 9.17) is 4.52 Å². The van der Waals surface area contributed by atoms with Crippen molar-refractivity contribution in [2.45, 2.75) is 13.8 Å². The fourth-order valence-electron chi connectivity index (χ4n) is 0.907. The first-order valence-electron chi connectivity index (χ1n) is 4.25. The van der Waals surface area contributed by atoms with E-state index in [1.165, 1.54) is 0 Å². The van der Waals surface area contributed by atoms with Gasteiger partial charge in [-0.25, -0.2) is 0 Å². The number of hydrogen-bond donors (Lipinski definition) is 0. The van der Waals surface area contributed by atoms with E-state index in [9.17, 15) is 0 Å². The van der Waals surface area contributed by atoms with Crippen LogP contribution in [0.2, 0.25) is 0 Å². The third-order valence-corrected chi connectivity index (χ3v) is 1.68. The minimum absolute atomic E-state index is 0.506. The van der Waals surface area contributed by atoms with Crippen molar-refractivity contribution in [1.29, 1.82) is 0 Å². The number of allylic oxidation sites excluding steroid dienone is 3. The molecule has 0 amide bonds. The Bertz CT molecular complexity index is 388. The van der Waals surface area contributed by atoms with Gasteiger partial charge in [0.25, 0.3) is 0 Å². The van der Waals surface area contributed by atoms with Gasteiger partial charge >= 0.3 is 0 Å². The number of aromatic nitrogens is 2. The minimum Gasteiger partial charge on any atom is -0.339 e. The summed E-state index contributed by atoms with van der Waals surface area (Å²) in [5, 5.41) is 3.78. The van der Waals surface area contributed by atoms with Crippen LogP contribution >= 0.6 is 0 Å². The van der Waals surface area contributed by atoms with Crippen molar-refractivity contribution >= 4 is 5.71 Å². The molecule has 0 unspecified atom stereocenters. The van der Waals surface area contributed by atoms with E-state index in [1.54, 1.807) is 20.0 Å². The molecule has 0 saturated carbocycles. The minimum atomic E-state index is 0.506. The van der Waals surface area contributed by atoms with E-state index in [-0.39, 0.29) is 0 Å². The summed E-state index contributed by atoms with van der Waals surface area (Å²) in [5.41, 5.74) is 1.70. The zero-order valence-electron chi connectivity index (χ0n) is 8.61. The summed E-state index contributed by atoms with van der Waals surface area (Å²) >= 11 is 0. The smallest absolute Gasteiger partial charge is 0.223 e. The Balaban J connectivity index is 3.00. The van der Waals surface area contributed by atoms with Crippen LogP contribution in [0, 0.1) is 6.92 Å². The third kappa shape index (κ3) is 2.39. The quantitative estimate of drug-likeness (QED) is 0.541. The fraction of sp³-hybridized carbons (Fsp3) is 0.300. The van der Waals surface area contributed by atoms with E-state index in [0.29, 0.717) is 17.4 Å². The lowest BCUT2D eigenvalue weighted by Gasteiger charge is -1.93. The van der Waals surface area contributed by atoms with Crippen LogP contribution in [0.25, 0.3) is 0 Å². The van der Waals surface area contributed by atoms with Crippen LogP contribution in [-0.4, -0.2) is 22.9 Å². The van der Waals surface area contributed by atoms with Crippen molar-refractivity contribution in [2.24, 2.45) is 4.99 Å². The van der Waals surface area contributed by atoms with Gasteiger partial charge in [-0.2, -0.15) is 4.98 Å². The van der Waals surface area contributed by atoms with Crippen LogP contribution in [0.1, 0.15) is 18.6 Å². The number of aliphatic imine (C=N–C) groups is 1. The van der Waals surface area contributed by atoms with Crippen LogP contribution in [0.15, 0.2) is 33.8 Å². The lowest BCUT2D eigenvalue weighted by Crippen LogP contribution is -2.00. The Morgan fingerprint density at radius 1 is 1.57 bits per heavy atom. The van der Waals surface area contributed by atoms with Crippen LogP contribution in [-0.2, 0) is 0 Å². The second-order valence-corrected chi connectivity index (χ2v) is 2.84. The van der Waals surface area contributed by atoms with E-state index in [2.05, 4.69) is 21.7 Å². The molecule has 0 spiro atoms. The Morgan fingerprint density at radius 3 is 2.71 bits per heavy atom. The van der Waals surface area contributed by atoms with Gasteiger partial charge in [0.15, 0.2) is 0 Å². The topological polar surface area (TPSA) is 51.3 Å². The molecule has 0 saturated heterocycles. The fourth-order valence-corrected chi connectivity index (χ4v) is 0.907. The summed E-state index contributed by atoms with van der Waals surface area (Å²) in [6.45, 7) is 7.34. The van der Waals surface area contributed by atoms with Gasteiger partial charge in [-0.3, -0.25) is 4.99 Å². The summed E-state index contributed by atoms with van der Waals surface area (Å²) in [5.74, 6) is 1.04. The zero-order valence-corrected chi connectivity index (χ0v) is 8.61. The second-order valence-electron chi connectivity index (χ2n) is 2.84. The highest BCUT2D eigenvalue weighted by atomic mass is 16.5. The molecule has 1 rings (SSSR count). The predicted molar refractivity (Wildman–Crippen MR) is 55.5 cm³/mol. The highest BCUT2D eigenvalue weighted by Gasteiger charge is 2.06. The molecule has 4 nitrogen and oxygen atoms in total. The highest BCUT2D eigenvalue weighted by Crippen LogP contribution is 2.02. The van der Waals surface area contributed by atoms with Crippen molar-refractivity contribution < 1.29 is 4.52 Å². The van der Waals surface area contributed by atoms with Gasteiger partial charge in [-0.1, -0.05) is 17.8 Å². The Kier molecular flexibility index (Phi) is 3.34. The molecule has 1 aromatic rings. The number of rotatable bonds is 3. The Labute approximate surface area is 83.1 Å². The van der Waals surface area contributed by atoms with E-state index in [0.717, 1.165) is 5.57 Å². The first-order valence-corrected chi connectivity index (χ1v) is 4.25. The van der Waals surface area contributed by atoms with Crippen LogP contribution in [0.4, 0.5) is 0 Å². The molecule has 0 aliphatic heterocycles. The molecule has 0 radical (unpaired) electrons. The van der Waals surface area contributed by atoms with Gasteiger partial charge in [0.1, 0.15) is 5.71 Å². The summed E-state index contributed by atoms with van der Waals surface area (Å²) in [6.07, 6.45) is 3.61.